The average molecular weight is 298 g/mol. The standard InChI is InChI=1S/C13H13BrFNO/c1-16-6-11-12(7-2-3-7)9-4-8(15)5-10(14)13(9)17-11/h4-5,7,16H,2-3,6H2,1H3. The molecule has 2 nitrogen and oxygen atoms in total. The van der Waals surface area contributed by atoms with Crippen LogP contribution in [0.25, 0.3) is 11.0 Å². The van der Waals surface area contributed by atoms with Crippen LogP contribution < -0.4 is 5.32 Å². The summed E-state index contributed by atoms with van der Waals surface area (Å²) < 4.78 is 20.0. The molecule has 2 aromatic rings. The van der Waals surface area contributed by atoms with Crippen molar-refractivity contribution in [3.05, 3.63) is 33.7 Å². The molecule has 1 aliphatic rings. The maximum Gasteiger partial charge on any atom is 0.149 e. The van der Waals surface area contributed by atoms with E-state index < -0.39 is 0 Å². The van der Waals surface area contributed by atoms with Crippen molar-refractivity contribution < 1.29 is 8.81 Å². The van der Waals surface area contributed by atoms with Crippen LogP contribution in [0, 0.1) is 5.82 Å². The first-order chi connectivity index (χ1) is 8.20. The molecule has 1 aromatic carbocycles. The van der Waals surface area contributed by atoms with Gasteiger partial charge < -0.3 is 9.73 Å². The molecular weight excluding hydrogens is 285 g/mol. The summed E-state index contributed by atoms with van der Waals surface area (Å²) >= 11 is 3.36. The molecule has 1 aromatic heterocycles. The van der Waals surface area contributed by atoms with Crippen molar-refractivity contribution in [3.63, 3.8) is 0 Å². The van der Waals surface area contributed by atoms with Crippen LogP contribution in [0.3, 0.4) is 0 Å². The third-order valence-electron chi connectivity index (χ3n) is 3.15. The van der Waals surface area contributed by atoms with Crippen molar-refractivity contribution in [2.24, 2.45) is 0 Å². The molecular formula is C13H13BrFNO. The predicted molar refractivity (Wildman–Crippen MR) is 68.6 cm³/mol. The Balaban J connectivity index is 2.26. The third kappa shape index (κ3) is 1.89. The second-order valence-corrected chi connectivity index (χ2v) is 5.36. The molecule has 3 rings (SSSR count). The minimum absolute atomic E-state index is 0.219. The van der Waals surface area contributed by atoms with Crippen LogP contribution >= 0.6 is 15.9 Å². The van der Waals surface area contributed by atoms with Gasteiger partial charge in [-0.15, -0.1) is 0 Å². The van der Waals surface area contributed by atoms with E-state index in [-0.39, 0.29) is 5.82 Å². The summed E-state index contributed by atoms with van der Waals surface area (Å²) in [5.74, 6) is 1.27. The lowest BCUT2D eigenvalue weighted by molar-refractivity contribution is 0.522. The molecule has 1 fully saturated rings. The highest BCUT2D eigenvalue weighted by molar-refractivity contribution is 9.10. The molecule has 0 saturated heterocycles. The van der Waals surface area contributed by atoms with Crippen LogP contribution in [-0.2, 0) is 6.54 Å². The van der Waals surface area contributed by atoms with Crippen molar-refractivity contribution in [1.82, 2.24) is 5.32 Å². The molecule has 0 amide bonds. The highest BCUT2D eigenvalue weighted by Gasteiger charge is 2.31. The molecule has 17 heavy (non-hydrogen) atoms. The Hall–Kier alpha value is -0.870. The first kappa shape index (κ1) is 11.2. The first-order valence-electron chi connectivity index (χ1n) is 5.75. The van der Waals surface area contributed by atoms with Crippen LogP contribution in [0.1, 0.15) is 30.1 Å². The van der Waals surface area contributed by atoms with Crippen LogP contribution in [-0.4, -0.2) is 7.05 Å². The summed E-state index contributed by atoms with van der Waals surface area (Å²) in [6, 6.07) is 3.03. The second-order valence-electron chi connectivity index (χ2n) is 4.51. The lowest BCUT2D eigenvalue weighted by atomic mass is 10.1. The lowest BCUT2D eigenvalue weighted by Crippen LogP contribution is -2.05. The number of fused-ring (bicyclic) bond motifs is 1. The van der Waals surface area contributed by atoms with Gasteiger partial charge in [-0.2, -0.15) is 0 Å². The Bertz CT molecular complexity index is 574. The fourth-order valence-corrected chi connectivity index (χ4v) is 2.82. The van der Waals surface area contributed by atoms with E-state index >= 15 is 0 Å². The van der Waals surface area contributed by atoms with E-state index in [1.165, 1.54) is 24.5 Å². The van der Waals surface area contributed by atoms with Crippen molar-refractivity contribution >= 4 is 26.9 Å². The van der Waals surface area contributed by atoms with Crippen LogP contribution in [0.2, 0.25) is 0 Å². The zero-order chi connectivity index (χ0) is 12.0. The van der Waals surface area contributed by atoms with Gasteiger partial charge >= 0.3 is 0 Å². The fraction of sp³-hybridized carbons (Fsp3) is 0.385. The van der Waals surface area contributed by atoms with Gasteiger partial charge in [0.1, 0.15) is 17.2 Å². The molecule has 1 N–H and O–H groups in total. The number of hydrogen-bond acceptors (Lipinski definition) is 2. The van der Waals surface area contributed by atoms with Gasteiger partial charge in [-0.25, -0.2) is 4.39 Å². The van der Waals surface area contributed by atoms with E-state index in [2.05, 4.69) is 21.2 Å². The zero-order valence-electron chi connectivity index (χ0n) is 9.52. The highest BCUT2D eigenvalue weighted by Crippen LogP contribution is 2.47. The van der Waals surface area contributed by atoms with Crippen molar-refractivity contribution in [3.8, 4) is 0 Å². The third-order valence-corrected chi connectivity index (χ3v) is 3.74. The van der Waals surface area contributed by atoms with E-state index in [1.54, 1.807) is 6.07 Å². The van der Waals surface area contributed by atoms with Gasteiger partial charge in [-0.1, -0.05) is 0 Å². The van der Waals surface area contributed by atoms with E-state index in [9.17, 15) is 4.39 Å². The Labute approximate surface area is 107 Å². The summed E-state index contributed by atoms with van der Waals surface area (Å²) in [5, 5.41) is 4.02. The maximum absolute atomic E-state index is 13.5. The molecule has 1 aliphatic carbocycles. The number of nitrogens with one attached hydrogen (secondary N) is 1. The van der Waals surface area contributed by atoms with Gasteiger partial charge in [0.05, 0.1) is 11.0 Å². The Morgan fingerprint density at radius 1 is 1.47 bits per heavy atom. The summed E-state index contributed by atoms with van der Waals surface area (Å²) in [4.78, 5) is 0. The summed E-state index contributed by atoms with van der Waals surface area (Å²) in [6.45, 7) is 0.689. The molecule has 1 saturated carbocycles. The molecule has 0 atom stereocenters. The van der Waals surface area contributed by atoms with Crippen LogP contribution in [0.15, 0.2) is 21.0 Å². The molecule has 0 unspecified atom stereocenters. The second kappa shape index (κ2) is 4.10. The predicted octanol–water partition coefficient (Wildman–Crippen LogP) is 3.93. The Morgan fingerprint density at radius 2 is 2.24 bits per heavy atom. The van der Waals surface area contributed by atoms with Crippen LogP contribution in [0.4, 0.5) is 4.39 Å². The topological polar surface area (TPSA) is 25.2 Å². The lowest BCUT2D eigenvalue weighted by Gasteiger charge is -1.99. The number of rotatable bonds is 3. The first-order valence-corrected chi connectivity index (χ1v) is 6.55. The molecule has 0 radical (unpaired) electrons. The quantitative estimate of drug-likeness (QED) is 0.928. The van der Waals surface area contributed by atoms with Gasteiger partial charge in [0, 0.05) is 10.9 Å². The van der Waals surface area contributed by atoms with E-state index in [0.29, 0.717) is 16.9 Å². The van der Waals surface area contributed by atoms with E-state index in [1.807, 2.05) is 7.05 Å². The number of furan rings is 1. The molecule has 4 heteroatoms. The van der Waals surface area contributed by atoms with Gasteiger partial charge in [0.15, 0.2) is 0 Å². The van der Waals surface area contributed by atoms with Gasteiger partial charge in [0.25, 0.3) is 0 Å². The van der Waals surface area contributed by atoms with Crippen molar-refractivity contribution in [1.29, 1.82) is 0 Å². The SMILES string of the molecule is CNCc1oc2c(Br)cc(F)cc2c1C1CC1. The maximum atomic E-state index is 13.5. The monoisotopic (exact) mass is 297 g/mol. The zero-order valence-corrected chi connectivity index (χ0v) is 11.1. The van der Waals surface area contributed by atoms with E-state index in [0.717, 1.165) is 16.7 Å². The summed E-state index contributed by atoms with van der Waals surface area (Å²) in [6.07, 6.45) is 2.36. The van der Waals surface area contributed by atoms with Crippen LogP contribution in [0.5, 0.6) is 0 Å². The molecule has 0 aliphatic heterocycles. The normalized spacial score (nSPS) is 15.7. The van der Waals surface area contributed by atoms with Gasteiger partial charge in [-0.05, 0) is 53.9 Å². The summed E-state index contributed by atoms with van der Waals surface area (Å²) in [5.41, 5.74) is 1.95. The minimum atomic E-state index is -0.219. The van der Waals surface area contributed by atoms with Gasteiger partial charge in [0.2, 0.25) is 0 Å². The Kier molecular flexibility index (Phi) is 2.71. The average Bonchev–Trinajstić information content (AvgIpc) is 3.03. The smallest absolute Gasteiger partial charge is 0.149 e. The number of hydrogen-bond donors (Lipinski definition) is 1. The highest BCUT2D eigenvalue weighted by atomic mass is 79.9. The molecule has 90 valence electrons. The van der Waals surface area contributed by atoms with Gasteiger partial charge in [-0.3, -0.25) is 0 Å². The fourth-order valence-electron chi connectivity index (χ4n) is 2.30. The van der Waals surface area contributed by atoms with Crippen molar-refractivity contribution in [2.75, 3.05) is 7.05 Å². The minimum Gasteiger partial charge on any atom is -0.458 e. The number of halogens is 2. The molecule has 0 bridgehead atoms. The Morgan fingerprint density at radius 3 is 2.88 bits per heavy atom. The number of benzene rings is 1. The summed E-state index contributed by atoms with van der Waals surface area (Å²) in [7, 11) is 1.89. The van der Waals surface area contributed by atoms with Crippen molar-refractivity contribution in [2.45, 2.75) is 25.3 Å². The molecule has 1 heterocycles. The largest absolute Gasteiger partial charge is 0.458 e. The van der Waals surface area contributed by atoms with E-state index in [4.69, 9.17) is 4.42 Å². The molecule has 0 spiro atoms.